The number of aryl methyl sites for hydroxylation is 2. The molecule has 5 rings (SSSR count). The average Bonchev–Trinajstić information content (AvgIpc) is 3.23. The highest BCUT2D eigenvalue weighted by Gasteiger charge is 2.27. The Morgan fingerprint density at radius 2 is 1.69 bits per heavy atom. The van der Waals surface area contributed by atoms with E-state index in [2.05, 4.69) is 22.0 Å². The normalized spacial score (nSPS) is 17.7. The molecule has 0 saturated carbocycles. The molecule has 2 aromatic carbocycles. The number of piperazine rings is 1. The number of carbonyl (C=O) groups excluding carboxylic acids is 1. The quantitative estimate of drug-likeness (QED) is 0.517. The first kappa shape index (κ1) is 23.8. The van der Waals surface area contributed by atoms with E-state index in [0.717, 1.165) is 24.4 Å². The molecule has 0 spiro atoms. The maximum atomic E-state index is 13.0. The molecule has 35 heavy (non-hydrogen) atoms. The van der Waals surface area contributed by atoms with Crippen LogP contribution in [0.4, 0.5) is 5.69 Å². The number of rotatable bonds is 6. The summed E-state index contributed by atoms with van der Waals surface area (Å²) in [5.74, 6) is 0.901. The van der Waals surface area contributed by atoms with Gasteiger partial charge in [-0.25, -0.2) is 13.4 Å². The molecule has 0 unspecified atom stereocenters. The van der Waals surface area contributed by atoms with Crippen LogP contribution in [0.2, 0.25) is 0 Å². The third-order valence-electron chi connectivity index (χ3n) is 6.87. The number of sulfonamides is 1. The lowest BCUT2D eigenvalue weighted by Crippen LogP contribution is -2.48. The fraction of sp³-hybridized carbons (Fsp3) is 0.440. The number of imidazole rings is 1. The average molecular weight is 498 g/mol. The van der Waals surface area contributed by atoms with Gasteiger partial charge in [-0.15, -0.1) is 0 Å². The van der Waals surface area contributed by atoms with Crippen molar-refractivity contribution in [1.29, 1.82) is 0 Å². The van der Waals surface area contributed by atoms with Gasteiger partial charge in [-0.3, -0.25) is 4.79 Å². The SMILES string of the molecule is Cn1c(CCC(=O)N2CCN(c3ccccc3)CC2)nc2cc(S(=O)(=O)N3CCOCC3)ccc21. The van der Waals surface area contributed by atoms with Crippen molar-refractivity contribution in [2.75, 3.05) is 57.4 Å². The lowest BCUT2D eigenvalue weighted by molar-refractivity contribution is -0.131. The van der Waals surface area contributed by atoms with Gasteiger partial charge in [0.05, 0.1) is 29.1 Å². The van der Waals surface area contributed by atoms with Crippen LogP contribution in [0.5, 0.6) is 0 Å². The van der Waals surface area contributed by atoms with Crippen LogP contribution in [0.3, 0.4) is 0 Å². The summed E-state index contributed by atoms with van der Waals surface area (Å²) in [5, 5.41) is 0. The number of hydrogen-bond donors (Lipinski definition) is 0. The van der Waals surface area contributed by atoms with Gasteiger partial charge in [0.25, 0.3) is 0 Å². The summed E-state index contributed by atoms with van der Waals surface area (Å²) >= 11 is 0. The monoisotopic (exact) mass is 497 g/mol. The van der Waals surface area contributed by atoms with Crippen molar-refractivity contribution in [3.05, 3.63) is 54.4 Å². The molecule has 0 bridgehead atoms. The number of ether oxygens (including phenoxy) is 1. The number of anilines is 1. The molecular weight excluding hydrogens is 466 g/mol. The van der Waals surface area contributed by atoms with Crippen LogP contribution in [0.1, 0.15) is 12.2 Å². The van der Waals surface area contributed by atoms with Crippen LogP contribution < -0.4 is 4.90 Å². The van der Waals surface area contributed by atoms with E-state index >= 15 is 0 Å². The minimum Gasteiger partial charge on any atom is -0.379 e. The number of para-hydroxylation sites is 1. The Hall–Kier alpha value is -2.95. The molecule has 2 saturated heterocycles. The number of fused-ring (bicyclic) bond motifs is 1. The van der Waals surface area contributed by atoms with Crippen molar-refractivity contribution in [3.8, 4) is 0 Å². The van der Waals surface area contributed by atoms with Gasteiger partial charge in [0.15, 0.2) is 0 Å². The fourth-order valence-corrected chi connectivity index (χ4v) is 6.21. The zero-order valence-corrected chi connectivity index (χ0v) is 20.8. The summed E-state index contributed by atoms with van der Waals surface area (Å²) in [4.78, 5) is 22.0. The number of carbonyl (C=O) groups is 1. The molecule has 2 aliphatic heterocycles. The molecule has 2 fully saturated rings. The zero-order chi connectivity index (χ0) is 24.4. The highest BCUT2D eigenvalue weighted by Crippen LogP contribution is 2.24. The molecule has 3 aromatic rings. The van der Waals surface area contributed by atoms with Crippen molar-refractivity contribution in [3.63, 3.8) is 0 Å². The van der Waals surface area contributed by atoms with Gasteiger partial charge < -0.3 is 19.1 Å². The highest BCUT2D eigenvalue weighted by molar-refractivity contribution is 7.89. The second kappa shape index (κ2) is 9.96. The summed E-state index contributed by atoms with van der Waals surface area (Å²) in [6, 6.07) is 15.3. The van der Waals surface area contributed by atoms with Gasteiger partial charge in [0.1, 0.15) is 5.82 Å². The molecule has 1 aromatic heterocycles. The third kappa shape index (κ3) is 4.91. The van der Waals surface area contributed by atoms with Crippen LogP contribution in [-0.4, -0.2) is 85.6 Å². The molecule has 1 amide bonds. The van der Waals surface area contributed by atoms with E-state index < -0.39 is 10.0 Å². The Balaban J connectivity index is 1.23. The number of nitrogens with zero attached hydrogens (tertiary/aromatic N) is 5. The lowest BCUT2D eigenvalue weighted by Gasteiger charge is -2.36. The maximum absolute atomic E-state index is 13.0. The van der Waals surface area contributed by atoms with E-state index in [-0.39, 0.29) is 10.8 Å². The molecule has 0 radical (unpaired) electrons. The summed E-state index contributed by atoms with van der Waals surface area (Å²) < 4.78 is 34.7. The smallest absolute Gasteiger partial charge is 0.243 e. The number of benzene rings is 2. The van der Waals surface area contributed by atoms with Crippen LogP contribution >= 0.6 is 0 Å². The molecule has 186 valence electrons. The minimum absolute atomic E-state index is 0.125. The second-order valence-electron chi connectivity index (χ2n) is 8.96. The largest absolute Gasteiger partial charge is 0.379 e. The lowest BCUT2D eigenvalue weighted by atomic mass is 10.2. The van der Waals surface area contributed by atoms with Gasteiger partial charge in [0, 0.05) is 64.8 Å². The van der Waals surface area contributed by atoms with Crippen LogP contribution in [0.15, 0.2) is 53.4 Å². The molecule has 2 aliphatic rings. The predicted octanol–water partition coefficient (Wildman–Crippen LogP) is 1.88. The molecule has 9 nitrogen and oxygen atoms in total. The highest BCUT2D eigenvalue weighted by atomic mass is 32.2. The van der Waals surface area contributed by atoms with Crippen LogP contribution in [-0.2, 0) is 33.0 Å². The molecule has 0 atom stereocenters. The summed E-state index contributed by atoms with van der Waals surface area (Å²) in [6.45, 7) is 4.59. The fourth-order valence-electron chi connectivity index (χ4n) is 4.78. The van der Waals surface area contributed by atoms with Crippen molar-refractivity contribution in [2.45, 2.75) is 17.7 Å². The summed E-state index contributed by atoms with van der Waals surface area (Å²) in [7, 11) is -1.68. The zero-order valence-electron chi connectivity index (χ0n) is 20.0. The van der Waals surface area contributed by atoms with Gasteiger partial charge in [-0.2, -0.15) is 4.31 Å². The standard InChI is InChI=1S/C25H31N5O4S/c1-27-23-8-7-21(35(32,33)30-15-17-34-18-16-30)19-22(23)26-24(27)9-10-25(31)29-13-11-28(12-14-29)20-5-3-2-4-6-20/h2-8,19H,9-18H2,1H3. The Kier molecular flexibility index (Phi) is 6.77. The summed E-state index contributed by atoms with van der Waals surface area (Å²) in [6.07, 6.45) is 0.885. The molecule has 0 N–H and O–H groups in total. The molecule has 3 heterocycles. The summed E-state index contributed by atoms with van der Waals surface area (Å²) in [5.41, 5.74) is 2.67. The van der Waals surface area contributed by atoms with Gasteiger partial charge in [-0.1, -0.05) is 18.2 Å². The van der Waals surface area contributed by atoms with E-state index in [1.54, 1.807) is 18.2 Å². The van der Waals surface area contributed by atoms with Gasteiger partial charge in [-0.05, 0) is 30.3 Å². The first-order valence-electron chi connectivity index (χ1n) is 12.0. The van der Waals surface area contributed by atoms with E-state index in [1.165, 1.54) is 9.99 Å². The van der Waals surface area contributed by atoms with Crippen LogP contribution in [0, 0.1) is 0 Å². The molecular formula is C25H31N5O4S. The van der Waals surface area contributed by atoms with E-state index in [4.69, 9.17) is 4.74 Å². The Labute approximate surface area is 205 Å². The Morgan fingerprint density at radius 3 is 2.40 bits per heavy atom. The number of aromatic nitrogens is 2. The third-order valence-corrected chi connectivity index (χ3v) is 8.76. The van der Waals surface area contributed by atoms with Crippen LogP contribution in [0.25, 0.3) is 11.0 Å². The molecule has 0 aliphatic carbocycles. The van der Waals surface area contributed by atoms with E-state index in [0.29, 0.717) is 57.8 Å². The number of morpholine rings is 1. The Morgan fingerprint density at radius 1 is 0.971 bits per heavy atom. The van der Waals surface area contributed by atoms with E-state index in [1.807, 2.05) is 34.7 Å². The van der Waals surface area contributed by atoms with Crippen molar-refractivity contribution < 1.29 is 17.9 Å². The van der Waals surface area contributed by atoms with Crippen molar-refractivity contribution in [2.24, 2.45) is 7.05 Å². The van der Waals surface area contributed by atoms with Crippen molar-refractivity contribution in [1.82, 2.24) is 18.8 Å². The molecule has 10 heteroatoms. The predicted molar refractivity (Wildman–Crippen MR) is 134 cm³/mol. The minimum atomic E-state index is -3.58. The van der Waals surface area contributed by atoms with E-state index in [9.17, 15) is 13.2 Å². The Bertz CT molecular complexity index is 1290. The second-order valence-corrected chi connectivity index (χ2v) is 10.9. The maximum Gasteiger partial charge on any atom is 0.243 e. The van der Waals surface area contributed by atoms with Gasteiger partial charge >= 0.3 is 0 Å². The number of amides is 1. The topological polar surface area (TPSA) is 88.0 Å². The van der Waals surface area contributed by atoms with Crippen molar-refractivity contribution >= 4 is 32.7 Å². The van der Waals surface area contributed by atoms with Gasteiger partial charge in [0.2, 0.25) is 15.9 Å². The first-order valence-corrected chi connectivity index (χ1v) is 13.5. The first-order chi connectivity index (χ1) is 16.9. The number of hydrogen-bond acceptors (Lipinski definition) is 6.